The molecule has 0 radical (unpaired) electrons. The van der Waals surface area contributed by atoms with Crippen molar-refractivity contribution in [3.63, 3.8) is 0 Å². The summed E-state index contributed by atoms with van der Waals surface area (Å²) in [5, 5.41) is 3.45. The number of hydrogen-bond acceptors (Lipinski definition) is 3. The van der Waals surface area contributed by atoms with E-state index in [0.29, 0.717) is 13.0 Å². The highest BCUT2D eigenvalue weighted by molar-refractivity contribution is 5.87. The first-order chi connectivity index (χ1) is 24.0. The third-order valence-electron chi connectivity index (χ3n) is 10.4. The second-order valence-electron chi connectivity index (χ2n) is 15.4. The van der Waals surface area contributed by atoms with Crippen LogP contribution >= 0.6 is 0 Å². The van der Waals surface area contributed by atoms with Crippen molar-refractivity contribution in [1.82, 2.24) is 15.1 Å². The lowest BCUT2D eigenvalue weighted by Gasteiger charge is -2.33. The summed E-state index contributed by atoms with van der Waals surface area (Å²) >= 11 is 0. The van der Waals surface area contributed by atoms with Gasteiger partial charge in [-0.3, -0.25) is 9.59 Å². The fraction of sp³-hybridized carbons (Fsp3) is 0.864. The van der Waals surface area contributed by atoms with Crippen molar-refractivity contribution in [2.75, 3.05) is 27.2 Å². The number of nitrogens with one attached hydrogen (secondary N) is 1. The van der Waals surface area contributed by atoms with Crippen molar-refractivity contribution < 1.29 is 9.59 Å². The summed E-state index contributed by atoms with van der Waals surface area (Å²) in [6.07, 6.45) is 44.5. The lowest BCUT2D eigenvalue weighted by Crippen LogP contribution is -2.52. The van der Waals surface area contributed by atoms with E-state index < -0.39 is 0 Å². The minimum absolute atomic E-state index is 0.112. The average Bonchev–Trinajstić information content (AvgIpc) is 3.36. The van der Waals surface area contributed by atoms with E-state index in [0.717, 1.165) is 70.8 Å². The Morgan fingerprint density at radius 3 is 1.71 bits per heavy atom. The molecule has 49 heavy (non-hydrogen) atoms. The molecule has 1 fully saturated rings. The molecule has 0 aliphatic heterocycles. The number of unbranched alkanes of at least 4 members (excludes halogenated alkanes) is 17. The Kier molecular flexibility index (Phi) is 31.1. The SMILES string of the molecule is CCCCC/C=C\C/C=C\CCCCCCCC(=O)N(CCCN(C)C)C(CCCCCCCCCCCC)C(=O)NC1CCCCCC1. The van der Waals surface area contributed by atoms with Crippen LogP contribution in [0.3, 0.4) is 0 Å². The first-order valence-electron chi connectivity index (χ1n) is 21.5. The maximum Gasteiger partial charge on any atom is 0.243 e. The van der Waals surface area contributed by atoms with Crippen LogP contribution in [0.5, 0.6) is 0 Å². The standard InChI is InChI=1S/C44H83N3O2/c1-5-7-9-11-13-15-17-18-19-20-21-23-25-27-33-38-43(48)47(40-34-39-46(3)4)42(44(49)45-41-35-30-28-29-31-36-41)37-32-26-24-22-16-14-12-10-8-6-2/h13,15,18-19,41-42H,5-12,14,16-17,20-40H2,1-4H3,(H,45,49)/b15-13-,19-18-. The van der Waals surface area contributed by atoms with Crippen molar-refractivity contribution >= 4 is 11.8 Å². The van der Waals surface area contributed by atoms with Gasteiger partial charge in [-0.05, 0) is 84.8 Å². The minimum atomic E-state index is -0.329. The highest BCUT2D eigenvalue weighted by Gasteiger charge is 2.30. The number of carbonyl (C=O) groups excluding carboxylic acids is 2. The molecule has 2 amide bonds. The molecular formula is C44H83N3O2. The molecule has 5 nitrogen and oxygen atoms in total. The van der Waals surface area contributed by atoms with Gasteiger partial charge in [0.1, 0.15) is 6.04 Å². The van der Waals surface area contributed by atoms with Crippen LogP contribution in [0.15, 0.2) is 24.3 Å². The molecule has 1 saturated carbocycles. The third-order valence-corrected chi connectivity index (χ3v) is 10.4. The fourth-order valence-corrected chi connectivity index (χ4v) is 7.22. The normalized spacial score (nSPS) is 15.0. The molecule has 1 aliphatic rings. The maximum atomic E-state index is 13.9. The van der Waals surface area contributed by atoms with Gasteiger partial charge in [0.25, 0.3) is 0 Å². The van der Waals surface area contributed by atoms with Gasteiger partial charge < -0.3 is 15.1 Å². The van der Waals surface area contributed by atoms with E-state index in [1.165, 1.54) is 122 Å². The molecule has 0 aromatic heterocycles. The molecular weight excluding hydrogens is 603 g/mol. The fourth-order valence-electron chi connectivity index (χ4n) is 7.22. The number of nitrogens with zero attached hydrogens (tertiary/aromatic N) is 2. The summed E-state index contributed by atoms with van der Waals surface area (Å²) in [5.41, 5.74) is 0. The summed E-state index contributed by atoms with van der Waals surface area (Å²) in [6, 6.07) is -0.0595. The van der Waals surface area contributed by atoms with Gasteiger partial charge in [-0.2, -0.15) is 0 Å². The van der Waals surface area contributed by atoms with Crippen LogP contribution in [0.4, 0.5) is 0 Å². The molecule has 5 heteroatoms. The molecule has 0 saturated heterocycles. The zero-order valence-electron chi connectivity index (χ0n) is 33.3. The molecule has 1 rings (SSSR count). The molecule has 286 valence electrons. The quantitative estimate of drug-likeness (QED) is 0.0436. The van der Waals surface area contributed by atoms with Gasteiger partial charge in [0, 0.05) is 19.0 Å². The van der Waals surface area contributed by atoms with Crippen molar-refractivity contribution in [3.05, 3.63) is 24.3 Å². The van der Waals surface area contributed by atoms with Crippen molar-refractivity contribution in [2.45, 2.75) is 219 Å². The van der Waals surface area contributed by atoms with E-state index in [4.69, 9.17) is 0 Å². The Labute approximate surface area is 305 Å². The summed E-state index contributed by atoms with van der Waals surface area (Å²) in [5.74, 6) is 0.304. The Morgan fingerprint density at radius 1 is 0.612 bits per heavy atom. The molecule has 1 unspecified atom stereocenters. The first kappa shape index (κ1) is 45.4. The molecule has 1 atom stereocenters. The Hall–Kier alpha value is -1.62. The van der Waals surface area contributed by atoms with Crippen LogP contribution < -0.4 is 5.32 Å². The van der Waals surface area contributed by atoms with Crippen molar-refractivity contribution in [2.24, 2.45) is 0 Å². The molecule has 0 heterocycles. The number of rotatable bonds is 32. The monoisotopic (exact) mass is 686 g/mol. The lowest BCUT2D eigenvalue weighted by molar-refractivity contribution is -0.141. The Morgan fingerprint density at radius 2 is 1.12 bits per heavy atom. The summed E-state index contributed by atoms with van der Waals surface area (Å²) in [6.45, 7) is 6.14. The molecule has 0 aromatic rings. The zero-order valence-corrected chi connectivity index (χ0v) is 33.3. The van der Waals surface area contributed by atoms with E-state index in [1.54, 1.807) is 0 Å². The van der Waals surface area contributed by atoms with E-state index in [2.05, 4.69) is 62.5 Å². The van der Waals surface area contributed by atoms with Gasteiger partial charge in [-0.1, -0.05) is 160 Å². The zero-order chi connectivity index (χ0) is 35.6. The lowest BCUT2D eigenvalue weighted by atomic mass is 10.0. The largest absolute Gasteiger partial charge is 0.352 e. The van der Waals surface area contributed by atoms with Crippen LogP contribution in [-0.2, 0) is 9.59 Å². The number of allylic oxidation sites excluding steroid dienone is 4. The molecule has 1 aliphatic carbocycles. The van der Waals surface area contributed by atoms with Crippen LogP contribution in [0, 0.1) is 0 Å². The topological polar surface area (TPSA) is 52.7 Å². The first-order valence-corrected chi connectivity index (χ1v) is 21.5. The predicted molar refractivity (Wildman–Crippen MR) is 214 cm³/mol. The predicted octanol–water partition coefficient (Wildman–Crippen LogP) is 12.1. The number of carbonyl (C=O) groups is 2. The second kappa shape index (κ2) is 33.5. The van der Waals surface area contributed by atoms with E-state index >= 15 is 0 Å². The van der Waals surface area contributed by atoms with Gasteiger partial charge in [-0.15, -0.1) is 0 Å². The Balaban J connectivity index is 2.61. The third kappa shape index (κ3) is 26.8. The van der Waals surface area contributed by atoms with E-state index in [1.807, 2.05) is 4.90 Å². The molecule has 0 aromatic carbocycles. The van der Waals surface area contributed by atoms with Crippen molar-refractivity contribution in [3.8, 4) is 0 Å². The Bertz CT molecular complexity index is 815. The van der Waals surface area contributed by atoms with Gasteiger partial charge in [0.15, 0.2) is 0 Å². The van der Waals surface area contributed by atoms with E-state index in [9.17, 15) is 9.59 Å². The van der Waals surface area contributed by atoms with Gasteiger partial charge in [0.2, 0.25) is 11.8 Å². The molecule has 0 spiro atoms. The maximum absolute atomic E-state index is 13.9. The van der Waals surface area contributed by atoms with Crippen LogP contribution in [0.2, 0.25) is 0 Å². The van der Waals surface area contributed by atoms with Crippen LogP contribution in [0.1, 0.15) is 206 Å². The minimum Gasteiger partial charge on any atom is -0.352 e. The van der Waals surface area contributed by atoms with Gasteiger partial charge in [-0.25, -0.2) is 0 Å². The second-order valence-corrected chi connectivity index (χ2v) is 15.4. The summed E-state index contributed by atoms with van der Waals surface area (Å²) in [7, 11) is 4.18. The van der Waals surface area contributed by atoms with Gasteiger partial charge >= 0.3 is 0 Å². The number of amides is 2. The number of hydrogen-bond donors (Lipinski definition) is 1. The van der Waals surface area contributed by atoms with Crippen molar-refractivity contribution in [1.29, 1.82) is 0 Å². The van der Waals surface area contributed by atoms with Crippen LogP contribution in [-0.4, -0.2) is 60.9 Å². The molecule has 1 N–H and O–H groups in total. The van der Waals surface area contributed by atoms with Gasteiger partial charge in [0.05, 0.1) is 0 Å². The highest BCUT2D eigenvalue weighted by Crippen LogP contribution is 2.21. The van der Waals surface area contributed by atoms with Crippen LogP contribution in [0.25, 0.3) is 0 Å². The summed E-state index contributed by atoms with van der Waals surface area (Å²) < 4.78 is 0. The molecule has 0 bridgehead atoms. The summed E-state index contributed by atoms with van der Waals surface area (Å²) in [4.78, 5) is 32.0. The highest BCUT2D eigenvalue weighted by atomic mass is 16.2. The average molecular weight is 686 g/mol. The van der Waals surface area contributed by atoms with E-state index in [-0.39, 0.29) is 23.9 Å². The smallest absolute Gasteiger partial charge is 0.243 e.